The van der Waals surface area contributed by atoms with Crippen molar-refractivity contribution >= 4 is 34.4 Å². The number of ether oxygens (including phenoxy) is 1. The predicted molar refractivity (Wildman–Crippen MR) is 95.4 cm³/mol. The van der Waals surface area contributed by atoms with Crippen molar-refractivity contribution in [3.8, 4) is 5.75 Å². The van der Waals surface area contributed by atoms with Crippen molar-refractivity contribution in [2.75, 3.05) is 25.2 Å². The second-order valence-corrected chi connectivity index (χ2v) is 5.49. The minimum Gasteiger partial charge on any atom is -0.496 e. The number of nitrogens with zero attached hydrogens (tertiary/aromatic N) is 2. The Morgan fingerprint density at radius 1 is 1.41 bits per heavy atom. The summed E-state index contributed by atoms with van der Waals surface area (Å²) in [5.74, 6) is 1.60. The third kappa shape index (κ3) is 3.92. The second-order valence-electron chi connectivity index (χ2n) is 4.66. The van der Waals surface area contributed by atoms with Gasteiger partial charge in [0.2, 0.25) is 0 Å². The van der Waals surface area contributed by atoms with E-state index in [2.05, 4.69) is 15.3 Å². The van der Waals surface area contributed by atoms with E-state index in [1.165, 1.54) is 0 Å². The van der Waals surface area contributed by atoms with Gasteiger partial charge in [-0.05, 0) is 31.2 Å². The molecule has 0 radical (unpaired) electrons. The van der Waals surface area contributed by atoms with Crippen LogP contribution in [0.3, 0.4) is 0 Å². The van der Waals surface area contributed by atoms with Crippen molar-refractivity contribution in [1.29, 1.82) is 0 Å². The highest BCUT2D eigenvalue weighted by Crippen LogP contribution is 2.27. The van der Waals surface area contributed by atoms with Crippen LogP contribution in [0.2, 0.25) is 0 Å². The van der Waals surface area contributed by atoms with Crippen molar-refractivity contribution in [2.24, 2.45) is 4.99 Å². The van der Waals surface area contributed by atoms with Crippen LogP contribution in [-0.4, -0.2) is 24.7 Å². The van der Waals surface area contributed by atoms with Crippen LogP contribution in [0.5, 0.6) is 5.75 Å². The maximum atomic E-state index is 5.80. The van der Waals surface area contributed by atoms with Gasteiger partial charge in [-0.25, -0.2) is 4.99 Å². The Labute approximate surface area is 135 Å². The molecule has 0 aliphatic rings. The zero-order chi connectivity index (χ0) is 15.9. The topological polar surface area (TPSA) is 72.5 Å². The van der Waals surface area contributed by atoms with Crippen LogP contribution >= 0.6 is 11.8 Å². The monoisotopic (exact) mass is 316 g/mol. The first kappa shape index (κ1) is 16.2. The first-order valence-corrected chi connectivity index (χ1v) is 7.90. The summed E-state index contributed by atoms with van der Waals surface area (Å²) in [6.07, 6.45) is 1.76. The number of rotatable bonds is 6. The van der Waals surface area contributed by atoms with Crippen LogP contribution in [0.4, 0.5) is 17.1 Å². The van der Waals surface area contributed by atoms with Gasteiger partial charge in [0.25, 0.3) is 0 Å². The number of hydrogen-bond acceptors (Lipinski definition) is 6. The lowest BCUT2D eigenvalue weighted by atomic mass is 10.2. The Balaban J connectivity index is 2.04. The molecule has 22 heavy (non-hydrogen) atoms. The second kappa shape index (κ2) is 7.70. The molecule has 2 aromatic rings. The van der Waals surface area contributed by atoms with Crippen molar-refractivity contribution in [3.05, 3.63) is 41.7 Å². The highest BCUT2D eigenvalue weighted by Gasteiger charge is 2.05. The van der Waals surface area contributed by atoms with Gasteiger partial charge in [-0.15, -0.1) is 11.8 Å². The maximum Gasteiger partial charge on any atom is 0.125 e. The van der Waals surface area contributed by atoms with E-state index in [0.29, 0.717) is 5.69 Å². The molecule has 0 fully saturated rings. The third-order valence-corrected chi connectivity index (χ3v) is 3.95. The Bertz CT molecular complexity index is 673. The fourth-order valence-corrected chi connectivity index (χ4v) is 2.71. The van der Waals surface area contributed by atoms with Gasteiger partial charge in [-0.3, -0.25) is 4.98 Å². The summed E-state index contributed by atoms with van der Waals surface area (Å²) in [7, 11) is 3.53. The highest BCUT2D eigenvalue weighted by atomic mass is 32.2. The summed E-state index contributed by atoms with van der Waals surface area (Å²) in [4.78, 5) is 8.85. The molecule has 1 aromatic carbocycles. The summed E-state index contributed by atoms with van der Waals surface area (Å²) in [6, 6.07) is 7.48. The summed E-state index contributed by atoms with van der Waals surface area (Å²) in [6.45, 7) is 2.01. The molecular formula is C16H20N4OS. The lowest BCUT2D eigenvalue weighted by molar-refractivity contribution is 0.410. The number of aliphatic imine (C=N–C) groups is 1. The molecule has 0 aliphatic carbocycles. The molecular weight excluding hydrogens is 296 g/mol. The fraction of sp³-hybridized carbons (Fsp3) is 0.250. The Morgan fingerprint density at radius 3 is 2.95 bits per heavy atom. The van der Waals surface area contributed by atoms with Gasteiger partial charge in [0.15, 0.2) is 0 Å². The maximum absolute atomic E-state index is 5.80. The summed E-state index contributed by atoms with van der Waals surface area (Å²) >= 11 is 1.58. The quantitative estimate of drug-likeness (QED) is 0.484. The largest absolute Gasteiger partial charge is 0.496 e. The molecule has 3 N–H and O–H groups in total. The predicted octanol–water partition coefficient (Wildman–Crippen LogP) is 3.62. The lowest BCUT2D eigenvalue weighted by Gasteiger charge is -2.08. The molecule has 2 rings (SSSR count). The van der Waals surface area contributed by atoms with Gasteiger partial charge in [0.05, 0.1) is 29.7 Å². The van der Waals surface area contributed by atoms with E-state index in [1.807, 2.05) is 43.8 Å². The molecule has 0 spiro atoms. The molecule has 1 heterocycles. The molecule has 0 saturated carbocycles. The smallest absolute Gasteiger partial charge is 0.125 e. The van der Waals surface area contributed by atoms with E-state index < -0.39 is 0 Å². The molecule has 1 aromatic heterocycles. The normalized spacial score (nSPS) is 10.9. The van der Waals surface area contributed by atoms with Crippen molar-refractivity contribution in [1.82, 2.24) is 4.98 Å². The average molecular weight is 316 g/mol. The molecule has 0 bridgehead atoms. The molecule has 116 valence electrons. The van der Waals surface area contributed by atoms with Crippen molar-refractivity contribution in [2.45, 2.75) is 12.7 Å². The zero-order valence-electron chi connectivity index (χ0n) is 13.0. The molecule has 0 atom stereocenters. The molecule has 6 heteroatoms. The van der Waals surface area contributed by atoms with E-state index in [4.69, 9.17) is 10.5 Å². The number of thioether (sulfide) groups is 1. The Kier molecular flexibility index (Phi) is 5.66. The summed E-state index contributed by atoms with van der Waals surface area (Å²) in [5.41, 5.74) is 12.1. The number of pyridine rings is 1. The van der Waals surface area contributed by atoms with Crippen molar-refractivity contribution < 1.29 is 4.74 Å². The molecule has 5 nitrogen and oxygen atoms in total. The lowest BCUT2D eigenvalue weighted by Crippen LogP contribution is -1.95. The van der Waals surface area contributed by atoms with E-state index in [1.54, 1.807) is 25.1 Å². The number of benzene rings is 1. The van der Waals surface area contributed by atoms with Crippen LogP contribution in [0, 0.1) is 6.92 Å². The van der Waals surface area contributed by atoms with Gasteiger partial charge in [0, 0.05) is 30.2 Å². The molecule has 0 saturated heterocycles. The minimum absolute atomic E-state index is 0.696. The third-order valence-electron chi connectivity index (χ3n) is 3.26. The number of nitrogens with two attached hydrogens (primary N) is 1. The van der Waals surface area contributed by atoms with Crippen LogP contribution in [-0.2, 0) is 5.75 Å². The van der Waals surface area contributed by atoms with Crippen LogP contribution in [0.1, 0.15) is 11.3 Å². The summed E-state index contributed by atoms with van der Waals surface area (Å²) < 4.78 is 5.30. The minimum atomic E-state index is 0.696. The molecule has 0 aliphatic heterocycles. The van der Waals surface area contributed by atoms with Gasteiger partial charge in [-0.2, -0.15) is 0 Å². The van der Waals surface area contributed by atoms with Gasteiger partial charge >= 0.3 is 0 Å². The van der Waals surface area contributed by atoms with Gasteiger partial charge in [-0.1, -0.05) is 0 Å². The molecule has 0 unspecified atom stereocenters. The highest BCUT2D eigenvalue weighted by molar-refractivity contribution is 8.11. The number of nitrogens with one attached hydrogen (secondary N) is 1. The van der Waals surface area contributed by atoms with Crippen LogP contribution in [0.25, 0.3) is 0 Å². The fourth-order valence-electron chi connectivity index (χ4n) is 2.00. The first-order chi connectivity index (χ1) is 10.7. The number of nitrogen functional groups attached to an aromatic ring is 1. The van der Waals surface area contributed by atoms with Crippen molar-refractivity contribution in [3.63, 3.8) is 0 Å². The average Bonchev–Trinajstić information content (AvgIpc) is 2.53. The zero-order valence-corrected chi connectivity index (χ0v) is 13.8. The Morgan fingerprint density at radius 2 is 2.23 bits per heavy atom. The first-order valence-electron chi connectivity index (χ1n) is 6.85. The van der Waals surface area contributed by atoms with Crippen LogP contribution < -0.4 is 15.8 Å². The van der Waals surface area contributed by atoms with Gasteiger partial charge < -0.3 is 15.8 Å². The number of methoxy groups -OCH3 is 1. The summed E-state index contributed by atoms with van der Waals surface area (Å²) in [5, 5.41) is 3.10. The van der Waals surface area contributed by atoms with E-state index in [-0.39, 0.29) is 0 Å². The van der Waals surface area contributed by atoms with E-state index in [9.17, 15) is 0 Å². The van der Waals surface area contributed by atoms with E-state index in [0.717, 1.165) is 34.1 Å². The van der Waals surface area contributed by atoms with E-state index >= 15 is 0 Å². The number of aromatic nitrogens is 1. The Hall–Kier alpha value is -2.21. The van der Waals surface area contributed by atoms with Crippen LogP contribution in [0.15, 0.2) is 35.5 Å². The number of hydrogen-bond donors (Lipinski definition) is 2. The number of anilines is 2. The van der Waals surface area contributed by atoms with Gasteiger partial charge in [0.1, 0.15) is 5.75 Å². The standard InChI is InChI=1S/C16H20N4OS/c1-11-15(19-7-6-16(11)21-3)9-22-10-20-14-8-12(17)4-5-13(14)18-2/h4-8,10,18H,9,17H2,1-3H3. The molecule has 0 amide bonds. The SMILES string of the molecule is CNc1ccc(N)cc1N=CSCc1nccc(OC)c1C.